The molecule has 0 aliphatic carbocycles. The monoisotopic (exact) mass is 165 g/mol. The average molecular weight is 165 g/mol. The Kier molecular flexibility index (Phi) is 1.83. The van der Waals surface area contributed by atoms with Crippen LogP contribution in [0, 0.1) is 0 Å². The van der Waals surface area contributed by atoms with Crippen LogP contribution < -0.4 is 15.8 Å². The molecule has 64 valence electrons. The third-order valence-electron chi connectivity index (χ3n) is 1.85. The number of pyridine rings is 1. The number of anilines is 1. The van der Waals surface area contributed by atoms with Gasteiger partial charge in [-0.1, -0.05) is 0 Å². The van der Waals surface area contributed by atoms with Crippen molar-refractivity contribution in [2.75, 3.05) is 18.8 Å². The van der Waals surface area contributed by atoms with Gasteiger partial charge in [0, 0.05) is 25.4 Å². The maximum absolute atomic E-state index is 5.64. The first-order valence-corrected chi connectivity index (χ1v) is 3.93. The summed E-state index contributed by atoms with van der Waals surface area (Å²) in [7, 11) is 0. The number of hydrogen-bond donors (Lipinski definition) is 2. The summed E-state index contributed by atoms with van der Waals surface area (Å²) in [6.45, 7) is 1.81. The molecule has 0 spiro atoms. The number of nitrogens with one attached hydrogen (secondary N) is 1. The molecule has 1 aliphatic rings. The molecule has 1 aromatic heterocycles. The van der Waals surface area contributed by atoms with Gasteiger partial charge in [0.05, 0.1) is 11.9 Å². The summed E-state index contributed by atoms with van der Waals surface area (Å²) in [5, 5.41) is 3.12. The topological polar surface area (TPSA) is 60.2 Å². The van der Waals surface area contributed by atoms with Crippen molar-refractivity contribution in [3.05, 3.63) is 18.5 Å². The van der Waals surface area contributed by atoms with Crippen molar-refractivity contribution in [2.24, 2.45) is 0 Å². The fourth-order valence-corrected chi connectivity index (χ4v) is 1.03. The minimum Gasteiger partial charge on any atom is -0.485 e. The highest BCUT2D eigenvalue weighted by molar-refractivity contribution is 5.49. The predicted molar refractivity (Wildman–Crippen MR) is 45.9 cm³/mol. The van der Waals surface area contributed by atoms with E-state index in [-0.39, 0.29) is 6.10 Å². The van der Waals surface area contributed by atoms with Gasteiger partial charge in [0.25, 0.3) is 0 Å². The maximum atomic E-state index is 5.64. The molecule has 1 saturated heterocycles. The molecule has 0 amide bonds. The second-order valence-electron chi connectivity index (χ2n) is 2.81. The quantitative estimate of drug-likeness (QED) is 0.648. The highest BCUT2D eigenvalue weighted by Crippen LogP contribution is 2.20. The van der Waals surface area contributed by atoms with Crippen molar-refractivity contribution in [3.8, 4) is 5.75 Å². The molecule has 2 rings (SSSR count). The highest BCUT2D eigenvalue weighted by Gasteiger charge is 2.18. The van der Waals surface area contributed by atoms with Gasteiger partial charge in [-0.2, -0.15) is 0 Å². The van der Waals surface area contributed by atoms with Gasteiger partial charge >= 0.3 is 0 Å². The minimum atomic E-state index is 0.273. The fraction of sp³-hybridized carbons (Fsp3) is 0.375. The van der Waals surface area contributed by atoms with Crippen LogP contribution in [0.25, 0.3) is 0 Å². The lowest BCUT2D eigenvalue weighted by Crippen LogP contribution is -2.50. The number of rotatable bonds is 2. The van der Waals surface area contributed by atoms with Crippen LogP contribution in [0.5, 0.6) is 5.75 Å². The van der Waals surface area contributed by atoms with Gasteiger partial charge in [0.1, 0.15) is 11.9 Å². The maximum Gasteiger partial charge on any atom is 0.145 e. The Morgan fingerprint density at radius 1 is 1.58 bits per heavy atom. The normalized spacial score (nSPS) is 17.0. The first-order chi connectivity index (χ1) is 5.86. The zero-order valence-corrected chi connectivity index (χ0v) is 6.66. The third kappa shape index (κ3) is 1.33. The lowest BCUT2D eigenvalue weighted by Gasteiger charge is -2.28. The van der Waals surface area contributed by atoms with E-state index < -0.39 is 0 Å². The van der Waals surface area contributed by atoms with E-state index in [0.717, 1.165) is 18.8 Å². The van der Waals surface area contributed by atoms with Crippen molar-refractivity contribution in [3.63, 3.8) is 0 Å². The molecule has 0 radical (unpaired) electrons. The van der Waals surface area contributed by atoms with Crippen molar-refractivity contribution in [1.29, 1.82) is 0 Å². The van der Waals surface area contributed by atoms with E-state index in [1.165, 1.54) is 0 Å². The molecule has 1 fully saturated rings. The van der Waals surface area contributed by atoms with Crippen molar-refractivity contribution in [2.45, 2.75) is 6.10 Å². The molecule has 4 heteroatoms. The van der Waals surface area contributed by atoms with E-state index in [0.29, 0.717) is 5.69 Å². The zero-order chi connectivity index (χ0) is 8.39. The van der Waals surface area contributed by atoms with Crippen molar-refractivity contribution < 1.29 is 4.74 Å². The number of nitrogen functional groups attached to an aromatic ring is 1. The molecule has 3 N–H and O–H groups in total. The second kappa shape index (κ2) is 2.98. The predicted octanol–water partition coefficient (Wildman–Crippen LogP) is 0.0144. The van der Waals surface area contributed by atoms with E-state index in [4.69, 9.17) is 10.5 Å². The van der Waals surface area contributed by atoms with Crippen LogP contribution in [-0.2, 0) is 0 Å². The summed E-state index contributed by atoms with van der Waals surface area (Å²) >= 11 is 0. The Bertz CT molecular complexity index is 273. The number of aromatic nitrogens is 1. The summed E-state index contributed by atoms with van der Waals surface area (Å²) in [4.78, 5) is 3.88. The number of hydrogen-bond acceptors (Lipinski definition) is 4. The number of nitrogens with two attached hydrogens (primary N) is 1. The molecular formula is C8H11N3O. The molecule has 1 aliphatic heterocycles. The Hall–Kier alpha value is -1.29. The van der Waals surface area contributed by atoms with Crippen LogP contribution in [0.1, 0.15) is 0 Å². The van der Waals surface area contributed by atoms with Crippen molar-refractivity contribution in [1.82, 2.24) is 10.3 Å². The largest absolute Gasteiger partial charge is 0.485 e. The fourth-order valence-electron chi connectivity index (χ4n) is 1.03. The molecule has 0 atom stereocenters. The minimum absolute atomic E-state index is 0.273. The molecule has 1 aromatic rings. The molecule has 12 heavy (non-hydrogen) atoms. The van der Waals surface area contributed by atoms with Gasteiger partial charge in [-0.25, -0.2) is 0 Å². The average Bonchev–Trinajstić information content (AvgIpc) is 2.00. The van der Waals surface area contributed by atoms with Gasteiger partial charge < -0.3 is 15.8 Å². The van der Waals surface area contributed by atoms with E-state index in [9.17, 15) is 0 Å². The van der Waals surface area contributed by atoms with Crippen LogP contribution in [0.4, 0.5) is 5.69 Å². The highest BCUT2D eigenvalue weighted by atomic mass is 16.5. The summed E-state index contributed by atoms with van der Waals surface area (Å²) < 4.78 is 5.55. The van der Waals surface area contributed by atoms with Crippen LogP contribution in [0.15, 0.2) is 18.5 Å². The first kappa shape index (κ1) is 7.36. The van der Waals surface area contributed by atoms with Gasteiger partial charge in [-0.15, -0.1) is 0 Å². The summed E-state index contributed by atoms with van der Waals surface area (Å²) in [6, 6.07) is 1.79. The Morgan fingerprint density at radius 2 is 2.42 bits per heavy atom. The summed E-state index contributed by atoms with van der Waals surface area (Å²) in [5.74, 6) is 0.733. The lowest BCUT2D eigenvalue weighted by molar-refractivity contribution is 0.143. The summed E-state index contributed by atoms with van der Waals surface area (Å²) in [5.41, 5.74) is 6.24. The van der Waals surface area contributed by atoms with Crippen LogP contribution >= 0.6 is 0 Å². The standard InChI is InChI=1S/C8H11N3O/c9-7-5-10-2-1-8(7)12-6-3-11-4-6/h1-2,5-6,11H,3-4,9H2. The summed E-state index contributed by atoms with van der Waals surface area (Å²) in [6.07, 6.45) is 3.55. The Labute approximate surface area is 70.7 Å². The third-order valence-corrected chi connectivity index (χ3v) is 1.85. The number of nitrogens with zero attached hydrogens (tertiary/aromatic N) is 1. The van der Waals surface area contributed by atoms with Gasteiger partial charge in [0.2, 0.25) is 0 Å². The van der Waals surface area contributed by atoms with Crippen molar-refractivity contribution >= 4 is 5.69 Å². The van der Waals surface area contributed by atoms with E-state index in [2.05, 4.69) is 10.3 Å². The van der Waals surface area contributed by atoms with Crippen LogP contribution in [0.2, 0.25) is 0 Å². The lowest BCUT2D eigenvalue weighted by atomic mass is 10.2. The SMILES string of the molecule is Nc1cnccc1OC1CNC1. The molecule has 0 aromatic carbocycles. The van der Waals surface area contributed by atoms with E-state index in [1.807, 2.05) is 0 Å². The molecule has 4 nitrogen and oxygen atoms in total. The first-order valence-electron chi connectivity index (χ1n) is 3.93. The molecule has 0 saturated carbocycles. The van der Waals surface area contributed by atoms with Gasteiger partial charge in [-0.3, -0.25) is 4.98 Å². The number of ether oxygens (including phenoxy) is 1. The molecular weight excluding hydrogens is 154 g/mol. The Morgan fingerprint density at radius 3 is 3.00 bits per heavy atom. The van der Waals surface area contributed by atoms with E-state index >= 15 is 0 Å². The van der Waals surface area contributed by atoms with E-state index in [1.54, 1.807) is 18.5 Å². The molecule has 0 unspecified atom stereocenters. The van der Waals surface area contributed by atoms with Gasteiger partial charge in [-0.05, 0) is 0 Å². The molecule has 2 heterocycles. The zero-order valence-electron chi connectivity index (χ0n) is 6.66. The smallest absolute Gasteiger partial charge is 0.145 e. The molecule has 0 bridgehead atoms. The van der Waals surface area contributed by atoms with Crippen LogP contribution in [-0.4, -0.2) is 24.2 Å². The second-order valence-corrected chi connectivity index (χ2v) is 2.81. The Balaban J connectivity index is 2.06. The van der Waals surface area contributed by atoms with Gasteiger partial charge in [0.15, 0.2) is 0 Å². The van der Waals surface area contributed by atoms with Crippen LogP contribution in [0.3, 0.4) is 0 Å².